The second kappa shape index (κ2) is 9.58. The van der Waals surface area contributed by atoms with Crippen LogP contribution in [0.3, 0.4) is 0 Å². The Bertz CT molecular complexity index is 1330. The van der Waals surface area contributed by atoms with Crippen molar-refractivity contribution in [2.24, 2.45) is 0 Å². The van der Waals surface area contributed by atoms with E-state index in [2.05, 4.69) is 20.8 Å². The summed E-state index contributed by atoms with van der Waals surface area (Å²) in [5.41, 5.74) is 2.67. The van der Waals surface area contributed by atoms with E-state index in [0.717, 1.165) is 11.1 Å². The second-order valence-corrected chi connectivity index (χ2v) is 9.08. The molecule has 0 saturated carbocycles. The van der Waals surface area contributed by atoms with Gasteiger partial charge in [0.05, 0.1) is 23.1 Å². The van der Waals surface area contributed by atoms with E-state index in [4.69, 9.17) is 4.74 Å². The molecule has 0 radical (unpaired) electrons. The van der Waals surface area contributed by atoms with Gasteiger partial charge in [0.1, 0.15) is 5.75 Å². The standard InChI is InChI=1S/C24H22N4O4S/c1-32-20-10-6-18(7-11-20)22-4-2-3-5-23(22)33(30,31)21-12-8-19(9-13-21)28-24(29)25-14-17-15-26-27-16-17/h2-13,15-16H,14H2,1H3,(H,26,27)(H2,25,28,29). The summed E-state index contributed by atoms with van der Waals surface area (Å²) in [6.07, 6.45) is 3.30. The van der Waals surface area contributed by atoms with Crippen LogP contribution in [0.25, 0.3) is 11.1 Å². The lowest BCUT2D eigenvalue weighted by molar-refractivity contribution is 0.251. The predicted molar refractivity (Wildman–Crippen MR) is 125 cm³/mol. The maximum Gasteiger partial charge on any atom is 0.319 e. The number of urea groups is 1. The van der Waals surface area contributed by atoms with Gasteiger partial charge in [0.2, 0.25) is 9.84 Å². The molecule has 0 fully saturated rings. The van der Waals surface area contributed by atoms with Crippen LogP contribution in [0.1, 0.15) is 5.56 Å². The average Bonchev–Trinajstić information content (AvgIpc) is 3.37. The number of carbonyl (C=O) groups is 1. The Labute approximate surface area is 191 Å². The fourth-order valence-electron chi connectivity index (χ4n) is 3.29. The van der Waals surface area contributed by atoms with Gasteiger partial charge >= 0.3 is 6.03 Å². The van der Waals surface area contributed by atoms with Crippen molar-refractivity contribution in [1.29, 1.82) is 0 Å². The number of hydrogen-bond acceptors (Lipinski definition) is 5. The van der Waals surface area contributed by atoms with Gasteiger partial charge in [-0.05, 0) is 48.0 Å². The zero-order valence-corrected chi connectivity index (χ0v) is 18.6. The molecule has 0 unspecified atom stereocenters. The molecule has 0 atom stereocenters. The van der Waals surface area contributed by atoms with Crippen LogP contribution in [-0.2, 0) is 16.4 Å². The van der Waals surface area contributed by atoms with E-state index in [1.165, 1.54) is 12.1 Å². The second-order valence-electron chi connectivity index (χ2n) is 7.17. The molecule has 0 aliphatic carbocycles. The molecule has 1 aromatic heterocycles. The number of rotatable bonds is 7. The molecule has 0 bridgehead atoms. The zero-order valence-electron chi connectivity index (χ0n) is 17.8. The third kappa shape index (κ3) is 5.04. The van der Waals surface area contributed by atoms with Crippen LogP contribution in [0.15, 0.2) is 95.0 Å². The smallest absolute Gasteiger partial charge is 0.319 e. The van der Waals surface area contributed by atoms with Crippen molar-refractivity contribution in [3.63, 3.8) is 0 Å². The van der Waals surface area contributed by atoms with Gasteiger partial charge in [-0.3, -0.25) is 5.10 Å². The number of methoxy groups -OCH3 is 1. The van der Waals surface area contributed by atoms with E-state index in [1.54, 1.807) is 68.0 Å². The maximum absolute atomic E-state index is 13.4. The van der Waals surface area contributed by atoms with Gasteiger partial charge in [-0.25, -0.2) is 13.2 Å². The highest BCUT2D eigenvalue weighted by Crippen LogP contribution is 2.32. The lowest BCUT2D eigenvalue weighted by Crippen LogP contribution is -2.28. The molecule has 3 N–H and O–H groups in total. The minimum atomic E-state index is -3.79. The van der Waals surface area contributed by atoms with Gasteiger partial charge in [-0.1, -0.05) is 30.3 Å². The SMILES string of the molecule is COc1ccc(-c2ccccc2S(=O)(=O)c2ccc(NC(=O)NCc3cn[nH]c3)cc2)cc1. The number of ether oxygens (including phenoxy) is 1. The van der Waals surface area contributed by atoms with E-state index in [1.807, 2.05) is 12.1 Å². The molecule has 3 aromatic carbocycles. The molecule has 2 amide bonds. The maximum atomic E-state index is 13.4. The first kappa shape index (κ1) is 22.1. The van der Waals surface area contributed by atoms with Crippen LogP contribution >= 0.6 is 0 Å². The molecular formula is C24H22N4O4S. The molecule has 4 rings (SSSR count). The summed E-state index contributed by atoms with van der Waals surface area (Å²) in [7, 11) is -2.21. The molecule has 8 nitrogen and oxygen atoms in total. The van der Waals surface area contributed by atoms with Crippen molar-refractivity contribution < 1.29 is 17.9 Å². The number of nitrogens with one attached hydrogen (secondary N) is 3. The van der Waals surface area contributed by atoms with Gasteiger partial charge in [0.25, 0.3) is 0 Å². The number of aromatic nitrogens is 2. The van der Waals surface area contributed by atoms with Crippen LogP contribution in [0.5, 0.6) is 5.75 Å². The first-order valence-electron chi connectivity index (χ1n) is 10.1. The molecule has 0 spiro atoms. The number of amides is 2. The van der Waals surface area contributed by atoms with Crippen LogP contribution < -0.4 is 15.4 Å². The molecule has 33 heavy (non-hydrogen) atoms. The zero-order chi connectivity index (χ0) is 23.3. The van der Waals surface area contributed by atoms with E-state index >= 15 is 0 Å². The van der Waals surface area contributed by atoms with Crippen molar-refractivity contribution in [2.75, 3.05) is 12.4 Å². The number of sulfone groups is 1. The lowest BCUT2D eigenvalue weighted by Gasteiger charge is -2.12. The molecule has 4 aromatic rings. The van der Waals surface area contributed by atoms with Crippen LogP contribution in [0.2, 0.25) is 0 Å². The quantitative estimate of drug-likeness (QED) is 0.380. The molecule has 0 saturated heterocycles. The summed E-state index contributed by atoms with van der Waals surface area (Å²) in [6.45, 7) is 0.316. The van der Waals surface area contributed by atoms with Gasteiger partial charge in [-0.15, -0.1) is 0 Å². The van der Waals surface area contributed by atoms with Crippen molar-refractivity contribution in [3.05, 3.63) is 90.8 Å². The number of aromatic amines is 1. The highest BCUT2D eigenvalue weighted by molar-refractivity contribution is 7.91. The Kier molecular flexibility index (Phi) is 6.41. The minimum Gasteiger partial charge on any atom is -0.497 e. The van der Waals surface area contributed by atoms with E-state index in [-0.39, 0.29) is 9.79 Å². The summed E-state index contributed by atoms with van der Waals surface area (Å²) < 4.78 is 32.0. The van der Waals surface area contributed by atoms with Gasteiger partial charge in [-0.2, -0.15) is 5.10 Å². The number of carbonyl (C=O) groups excluding carboxylic acids is 1. The van der Waals surface area contributed by atoms with Crippen LogP contribution in [-0.4, -0.2) is 31.8 Å². The highest BCUT2D eigenvalue weighted by atomic mass is 32.2. The number of hydrogen-bond donors (Lipinski definition) is 3. The average molecular weight is 463 g/mol. The number of anilines is 1. The Hall–Kier alpha value is -4.11. The molecule has 168 valence electrons. The molecule has 9 heteroatoms. The Morgan fingerprint density at radius 1 is 1.00 bits per heavy atom. The van der Waals surface area contributed by atoms with Crippen molar-refractivity contribution >= 4 is 21.6 Å². The summed E-state index contributed by atoms with van der Waals surface area (Å²) in [6, 6.07) is 19.7. The van der Waals surface area contributed by atoms with Crippen molar-refractivity contribution in [1.82, 2.24) is 15.5 Å². The summed E-state index contributed by atoms with van der Waals surface area (Å²) >= 11 is 0. The fourth-order valence-corrected chi connectivity index (χ4v) is 4.77. The Morgan fingerprint density at radius 3 is 2.39 bits per heavy atom. The van der Waals surface area contributed by atoms with Crippen LogP contribution in [0, 0.1) is 0 Å². The first-order valence-corrected chi connectivity index (χ1v) is 11.6. The predicted octanol–water partition coefficient (Wildman–Crippen LogP) is 4.24. The number of H-pyrrole nitrogens is 1. The van der Waals surface area contributed by atoms with Gasteiger partial charge in [0, 0.05) is 29.6 Å². The molecule has 0 aliphatic rings. The molecule has 0 aliphatic heterocycles. The van der Waals surface area contributed by atoms with Crippen LogP contribution in [0.4, 0.5) is 10.5 Å². The third-order valence-electron chi connectivity index (χ3n) is 5.01. The summed E-state index contributed by atoms with van der Waals surface area (Å²) in [5, 5.41) is 11.9. The van der Waals surface area contributed by atoms with Crippen molar-refractivity contribution in [2.45, 2.75) is 16.3 Å². The van der Waals surface area contributed by atoms with Gasteiger partial charge in [0.15, 0.2) is 0 Å². The lowest BCUT2D eigenvalue weighted by atomic mass is 10.1. The first-order chi connectivity index (χ1) is 16.0. The minimum absolute atomic E-state index is 0.132. The largest absolute Gasteiger partial charge is 0.497 e. The Morgan fingerprint density at radius 2 is 1.73 bits per heavy atom. The third-order valence-corrected chi connectivity index (χ3v) is 6.84. The van der Waals surface area contributed by atoms with E-state index in [9.17, 15) is 13.2 Å². The van der Waals surface area contributed by atoms with E-state index in [0.29, 0.717) is 23.5 Å². The monoisotopic (exact) mass is 462 g/mol. The Balaban J connectivity index is 1.52. The normalized spacial score (nSPS) is 11.1. The molecule has 1 heterocycles. The number of benzene rings is 3. The number of nitrogens with zero attached hydrogens (tertiary/aromatic N) is 1. The van der Waals surface area contributed by atoms with Crippen molar-refractivity contribution in [3.8, 4) is 16.9 Å². The highest BCUT2D eigenvalue weighted by Gasteiger charge is 2.22. The van der Waals surface area contributed by atoms with Gasteiger partial charge < -0.3 is 15.4 Å². The fraction of sp³-hybridized carbons (Fsp3) is 0.0833. The topological polar surface area (TPSA) is 113 Å². The molecular weight excluding hydrogens is 440 g/mol. The van der Waals surface area contributed by atoms with E-state index < -0.39 is 15.9 Å². The summed E-state index contributed by atoms with van der Waals surface area (Å²) in [4.78, 5) is 12.4. The summed E-state index contributed by atoms with van der Waals surface area (Å²) in [5.74, 6) is 0.691.